The number of unbranched alkanes of at least 4 members (excludes halogenated alkanes) is 2. The molecule has 0 aliphatic rings. The molecule has 0 spiro atoms. The van der Waals surface area contributed by atoms with Gasteiger partial charge < -0.3 is 4.79 Å². The first-order chi connectivity index (χ1) is 6.35. The van der Waals surface area contributed by atoms with Crippen molar-refractivity contribution in [2.24, 2.45) is 0 Å². The van der Waals surface area contributed by atoms with E-state index in [-0.39, 0.29) is 0 Å². The predicted molar refractivity (Wildman–Crippen MR) is 67.9 cm³/mol. The zero-order valence-corrected chi connectivity index (χ0v) is 10.6. The molecule has 0 aliphatic carbocycles. The average Bonchev–Trinajstić information content (AvgIpc) is 2.17. The Kier molecular flexibility index (Phi) is 11.4. The summed E-state index contributed by atoms with van der Waals surface area (Å²) in [6.45, 7) is 0. The highest BCUT2D eigenvalue weighted by atomic mass is 33.1. The van der Waals surface area contributed by atoms with E-state index >= 15 is 0 Å². The lowest BCUT2D eigenvalue weighted by molar-refractivity contribution is -0.107. The van der Waals surface area contributed by atoms with Crippen LogP contribution in [-0.2, 0) is 4.79 Å². The number of carbonyl (C=O) groups is 1. The van der Waals surface area contributed by atoms with Crippen LogP contribution in [0, 0.1) is 0 Å². The van der Waals surface area contributed by atoms with Gasteiger partial charge in [-0.2, -0.15) is 11.8 Å². The molecular weight excluding hydrogens is 220 g/mol. The summed E-state index contributed by atoms with van der Waals surface area (Å²) in [6, 6.07) is 0. The van der Waals surface area contributed by atoms with Gasteiger partial charge in [0, 0.05) is 11.7 Å². The maximum Gasteiger partial charge on any atom is 0.119 e. The molecule has 4 heteroatoms. The van der Waals surface area contributed by atoms with Gasteiger partial charge in [0.15, 0.2) is 0 Å². The molecule has 0 aromatic rings. The van der Waals surface area contributed by atoms with Gasteiger partial charge >= 0.3 is 0 Å². The van der Waals surface area contributed by atoms with Crippen molar-refractivity contribution >= 4 is 40.5 Å². The summed E-state index contributed by atoms with van der Waals surface area (Å²) in [5.74, 6) is 1.21. The second-order valence-corrected chi connectivity index (χ2v) is 5.46. The number of thioether (sulfide) groups is 1. The Morgan fingerprint density at radius 1 is 1.38 bits per heavy atom. The molecule has 0 aromatic carbocycles. The maximum absolute atomic E-state index is 10.1. The van der Waals surface area contributed by atoms with Crippen LogP contribution in [0.2, 0.25) is 0 Å². The van der Waals surface area contributed by atoms with Crippen LogP contribution in [0.4, 0.5) is 0 Å². The monoisotopic (exact) mass is 238 g/mol. The second-order valence-electron chi connectivity index (χ2n) is 2.96. The zero-order valence-electron chi connectivity index (χ0n) is 8.07. The van der Waals surface area contributed by atoms with Crippen LogP contribution < -0.4 is 0 Å². The van der Waals surface area contributed by atoms with Gasteiger partial charge in [-0.1, -0.05) is 17.2 Å². The second kappa shape index (κ2) is 10.8. The van der Waals surface area contributed by atoms with Crippen LogP contribution in [-0.4, -0.2) is 23.5 Å². The SMILES string of the molecule is CSCC[C@@H](CCCCC=O)SS. The summed E-state index contributed by atoms with van der Waals surface area (Å²) in [4.78, 5) is 10.1. The Hall–Kier alpha value is 0.720. The van der Waals surface area contributed by atoms with Crippen LogP contribution in [0.15, 0.2) is 0 Å². The molecule has 1 nitrogen and oxygen atoms in total. The molecular formula is C9H18OS3. The standard InChI is InChI=1S/C9H18OS3/c1-12-8-6-9(13-11)5-3-2-4-7-10/h7,9,11H,2-6,8H2,1H3/t9-/m1/s1. The number of hydrogen-bond acceptors (Lipinski definition) is 4. The van der Waals surface area contributed by atoms with Gasteiger partial charge in [0.1, 0.15) is 6.29 Å². The molecule has 0 saturated heterocycles. The molecule has 0 heterocycles. The molecule has 13 heavy (non-hydrogen) atoms. The number of rotatable bonds is 9. The zero-order chi connectivity index (χ0) is 9.94. The molecule has 0 aliphatic heterocycles. The van der Waals surface area contributed by atoms with Crippen LogP contribution >= 0.6 is 34.2 Å². The lowest BCUT2D eigenvalue weighted by Gasteiger charge is -2.11. The first-order valence-corrected chi connectivity index (χ1v) is 7.90. The van der Waals surface area contributed by atoms with E-state index in [1.54, 1.807) is 10.8 Å². The van der Waals surface area contributed by atoms with E-state index in [9.17, 15) is 4.79 Å². The number of carbonyl (C=O) groups excluding carboxylic acids is 1. The Bertz CT molecular complexity index is 119. The lowest BCUT2D eigenvalue weighted by atomic mass is 10.1. The van der Waals surface area contributed by atoms with E-state index in [2.05, 4.69) is 17.9 Å². The fourth-order valence-corrected chi connectivity index (χ4v) is 2.90. The highest BCUT2D eigenvalue weighted by Crippen LogP contribution is 2.24. The maximum atomic E-state index is 10.1. The predicted octanol–water partition coefficient (Wildman–Crippen LogP) is 3.45. The average molecular weight is 238 g/mol. The molecule has 0 unspecified atom stereocenters. The third-order valence-corrected chi connectivity index (χ3v) is 4.20. The third-order valence-electron chi connectivity index (χ3n) is 1.89. The highest BCUT2D eigenvalue weighted by molar-refractivity contribution is 8.68. The Morgan fingerprint density at radius 3 is 2.69 bits per heavy atom. The smallest absolute Gasteiger partial charge is 0.119 e. The van der Waals surface area contributed by atoms with Crippen molar-refractivity contribution < 1.29 is 4.79 Å². The van der Waals surface area contributed by atoms with Gasteiger partial charge in [0.05, 0.1) is 0 Å². The van der Waals surface area contributed by atoms with Gasteiger partial charge in [-0.05, 0) is 31.3 Å². The minimum Gasteiger partial charge on any atom is -0.303 e. The van der Waals surface area contributed by atoms with Crippen molar-refractivity contribution in [2.45, 2.75) is 37.4 Å². The van der Waals surface area contributed by atoms with Crippen molar-refractivity contribution in [3.8, 4) is 0 Å². The molecule has 0 fully saturated rings. The van der Waals surface area contributed by atoms with Crippen molar-refractivity contribution in [1.29, 1.82) is 0 Å². The fraction of sp³-hybridized carbons (Fsp3) is 0.889. The summed E-state index contributed by atoms with van der Waals surface area (Å²) < 4.78 is 0. The van der Waals surface area contributed by atoms with Crippen molar-refractivity contribution in [3.05, 3.63) is 0 Å². The van der Waals surface area contributed by atoms with Gasteiger partial charge in [-0.25, -0.2) is 0 Å². The lowest BCUT2D eigenvalue weighted by Crippen LogP contribution is -2.02. The number of aldehydes is 1. The molecule has 0 saturated carbocycles. The van der Waals surface area contributed by atoms with E-state index in [1.807, 2.05) is 11.8 Å². The summed E-state index contributed by atoms with van der Waals surface area (Å²) in [6.07, 6.45) is 8.47. The molecule has 0 radical (unpaired) electrons. The number of thiol groups is 1. The first-order valence-electron chi connectivity index (χ1n) is 4.58. The fourth-order valence-electron chi connectivity index (χ4n) is 1.10. The summed E-state index contributed by atoms with van der Waals surface area (Å²) >= 11 is 6.14. The molecule has 78 valence electrons. The minimum atomic E-state index is 0.669. The van der Waals surface area contributed by atoms with E-state index in [0.29, 0.717) is 11.7 Å². The Balaban J connectivity index is 3.30. The summed E-state index contributed by atoms with van der Waals surface area (Å²) in [7, 11) is 1.66. The van der Waals surface area contributed by atoms with Crippen molar-refractivity contribution in [1.82, 2.24) is 0 Å². The van der Waals surface area contributed by atoms with Crippen LogP contribution in [0.3, 0.4) is 0 Å². The normalized spacial score (nSPS) is 12.8. The van der Waals surface area contributed by atoms with E-state index in [0.717, 1.165) is 19.1 Å². The number of hydrogen-bond donors (Lipinski definition) is 1. The molecule has 0 bridgehead atoms. The van der Waals surface area contributed by atoms with Crippen LogP contribution in [0.25, 0.3) is 0 Å². The topological polar surface area (TPSA) is 17.1 Å². The molecule has 0 N–H and O–H groups in total. The van der Waals surface area contributed by atoms with Crippen molar-refractivity contribution in [3.63, 3.8) is 0 Å². The third kappa shape index (κ3) is 9.03. The van der Waals surface area contributed by atoms with Gasteiger partial charge in [-0.15, -0.1) is 11.7 Å². The van der Waals surface area contributed by atoms with Crippen LogP contribution in [0.5, 0.6) is 0 Å². The van der Waals surface area contributed by atoms with Crippen molar-refractivity contribution in [2.75, 3.05) is 12.0 Å². The molecule has 0 aromatic heterocycles. The quantitative estimate of drug-likeness (QED) is 0.287. The first kappa shape index (κ1) is 13.7. The van der Waals surface area contributed by atoms with Gasteiger partial charge in [0.2, 0.25) is 0 Å². The minimum absolute atomic E-state index is 0.669. The molecule has 1 atom stereocenters. The summed E-state index contributed by atoms with van der Waals surface area (Å²) in [5.41, 5.74) is 0. The van der Waals surface area contributed by atoms with E-state index < -0.39 is 0 Å². The molecule has 0 amide bonds. The molecule has 0 rings (SSSR count). The van der Waals surface area contributed by atoms with Crippen LogP contribution in [0.1, 0.15) is 32.1 Å². The van der Waals surface area contributed by atoms with Gasteiger partial charge in [-0.3, -0.25) is 0 Å². The highest BCUT2D eigenvalue weighted by Gasteiger charge is 2.06. The summed E-state index contributed by atoms with van der Waals surface area (Å²) in [5, 5.41) is 0.669. The Labute approximate surface area is 94.6 Å². The van der Waals surface area contributed by atoms with Gasteiger partial charge in [0.25, 0.3) is 0 Å². The Morgan fingerprint density at radius 2 is 2.15 bits per heavy atom. The van der Waals surface area contributed by atoms with E-state index in [1.165, 1.54) is 18.6 Å². The van der Waals surface area contributed by atoms with E-state index in [4.69, 9.17) is 0 Å². The largest absolute Gasteiger partial charge is 0.303 e.